The van der Waals surface area contributed by atoms with Crippen molar-refractivity contribution in [3.63, 3.8) is 0 Å². The van der Waals surface area contributed by atoms with E-state index in [9.17, 15) is 22.8 Å². The number of carboxylic acid groups (broad SMARTS) is 1. The lowest BCUT2D eigenvalue weighted by Gasteiger charge is -2.31. The molecular weight excluding hydrogens is 323 g/mol. The SMILES string of the molecule is CCC(CC)(CC(=O)O)NC(=O)c1ccc(CCC(F)(F)F)cc1. The molecule has 0 aromatic heterocycles. The molecule has 4 nitrogen and oxygen atoms in total. The molecule has 24 heavy (non-hydrogen) atoms. The molecule has 0 spiro atoms. The Morgan fingerprint density at radius 3 is 2.04 bits per heavy atom. The predicted molar refractivity (Wildman–Crippen MR) is 83.9 cm³/mol. The maximum atomic E-state index is 12.3. The zero-order valence-corrected chi connectivity index (χ0v) is 13.7. The van der Waals surface area contributed by atoms with Gasteiger partial charge in [-0.1, -0.05) is 26.0 Å². The van der Waals surface area contributed by atoms with Crippen LogP contribution in [0.2, 0.25) is 0 Å². The zero-order valence-electron chi connectivity index (χ0n) is 13.7. The van der Waals surface area contributed by atoms with Gasteiger partial charge in [0.05, 0.1) is 12.0 Å². The van der Waals surface area contributed by atoms with Crippen molar-refractivity contribution in [3.8, 4) is 0 Å². The maximum Gasteiger partial charge on any atom is 0.389 e. The Labute approximate surface area is 139 Å². The van der Waals surface area contributed by atoms with E-state index in [0.717, 1.165) is 0 Å². The molecule has 2 N–H and O–H groups in total. The third-order valence-electron chi connectivity index (χ3n) is 4.14. The van der Waals surface area contributed by atoms with Gasteiger partial charge in [-0.15, -0.1) is 0 Å². The minimum absolute atomic E-state index is 0.141. The van der Waals surface area contributed by atoms with E-state index in [1.165, 1.54) is 24.3 Å². The number of alkyl halides is 3. The van der Waals surface area contributed by atoms with E-state index in [1.54, 1.807) is 13.8 Å². The quantitative estimate of drug-likeness (QED) is 0.750. The van der Waals surface area contributed by atoms with Crippen molar-refractivity contribution in [2.45, 2.75) is 57.7 Å². The van der Waals surface area contributed by atoms with Gasteiger partial charge in [0.2, 0.25) is 0 Å². The van der Waals surface area contributed by atoms with E-state index in [0.29, 0.717) is 24.0 Å². The van der Waals surface area contributed by atoms with Crippen LogP contribution in [-0.2, 0) is 11.2 Å². The molecule has 0 saturated heterocycles. The average molecular weight is 345 g/mol. The van der Waals surface area contributed by atoms with Gasteiger partial charge < -0.3 is 10.4 Å². The number of aliphatic carboxylic acids is 1. The molecule has 0 radical (unpaired) electrons. The molecule has 0 unspecified atom stereocenters. The molecule has 134 valence electrons. The topological polar surface area (TPSA) is 66.4 Å². The van der Waals surface area contributed by atoms with Crippen molar-refractivity contribution in [2.75, 3.05) is 0 Å². The van der Waals surface area contributed by atoms with E-state index >= 15 is 0 Å². The molecule has 0 fully saturated rings. The lowest BCUT2D eigenvalue weighted by molar-refractivity contribution is -0.138. The van der Waals surface area contributed by atoms with E-state index < -0.39 is 30.0 Å². The number of carbonyl (C=O) groups is 2. The van der Waals surface area contributed by atoms with Crippen LogP contribution in [0.25, 0.3) is 0 Å². The molecule has 1 aromatic rings. The summed E-state index contributed by atoms with van der Waals surface area (Å²) in [6.07, 6.45) is -4.52. The Bertz CT molecular complexity index is 563. The fourth-order valence-corrected chi connectivity index (χ4v) is 2.43. The second-order valence-corrected chi connectivity index (χ2v) is 5.82. The van der Waals surface area contributed by atoms with Crippen LogP contribution in [0, 0.1) is 0 Å². The normalized spacial score (nSPS) is 12.0. The van der Waals surface area contributed by atoms with Crippen LogP contribution in [-0.4, -0.2) is 28.7 Å². The van der Waals surface area contributed by atoms with Crippen LogP contribution < -0.4 is 5.32 Å². The Hall–Kier alpha value is -2.05. The summed E-state index contributed by atoms with van der Waals surface area (Å²) >= 11 is 0. The summed E-state index contributed by atoms with van der Waals surface area (Å²) in [5, 5.41) is 11.8. The van der Waals surface area contributed by atoms with Crippen molar-refractivity contribution in [1.29, 1.82) is 0 Å². The fourth-order valence-electron chi connectivity index (χ4n) is 2.43. The lowest BCUT2D eigenvalue weighted by atomic mass is 9.88. The number of carbonyl (C=O) groups excluding carboxylic acids is 1. The van der Waals surface area contributed by atoms with Crippen LogP contribution in [0.5, 0.6) is 0 Å². The predicted octanol–water partition coefficient (Wildman–Crippen LogP) is 3.94. The summed E-state index contributed by atoms with van der Waals surface area (Å²) < 4.78 is 36.6. The van der Waals surface area contributed by atoms with Gasteiger partial charge in [0.1, 0.15) is 0 Å². The summed E-state index contributed by atoms with van der Waals surface area (Å²) in [6, 6.07) is 5.88. The van der Waals surface area contributed by atoms with Crippen molar-refractivity contribution >= 4 is 11.9 Å². The average Bonchev–Trinajstić information content (AvgIpc) is 2.51. The number of nitrogens with one attached hydrogen (secondary N) is 1. The molecule has 0 aliphatic rings. The Balaban J connectivity index is 2.78. The van der Waals surface area contributed by atoms with Gasteiger partial charge in [-0.3, -0.25) is 9.59 Å². The highest BCUT2D eigenvalue weighted by Gasteiger charge is 2.31. The standard InChI is InChI=1S/C17H22F3NO3/c1-3-16(4-2,11-14(22)23)21-15(24)13-7-5-12(6-8-13)9-10-17(18,19)20/h5-8H,3-4,9-11H2,1-2H3,(H,21,24)(H,22,23). The fraction of sp³-hybridized carbons (Fsp3) is 0.529. The summed E-state index contributed by atoms with van der Waals surface area (Å²) in [6.45, 7) is 3.60. The number of rotatable bonds is 8. The Morgan fingerprint density at radius 2 is 1.62 bits per heavy atom. The van der Waals surface area contributed by atoms with Crippen LogP contribution in [0.15, 0.2) is 24.3 Å². The molecule has 0 aliphatic carbocycles. The monoisotopic (exact) mass is 345 g/mol. The number of amides is 1. The second kappa shape index (κ2) is 8.17. The van der Waals surface area contributed by atoms with Crippen molar-refractivity contribution in [3.05, 3.63) is 35.4 Å². The van der Waals surface area contributed by atoms with Gasteiger partial charge in [-0.05, 0) is 37.0 Å². The minimum Gasteiger partial charge on any atom is -0.481 e. The van der Waals surface area contributed by atoms with Gasteiger partial charge in [-0.25, -0.2) is 0 Å². The van der Waals surface area contributed by atoms with Crippen molar-refractivity contribution in [1.82, 2.24) is 5.32 Å². The first kappa shape index (κ1) is 20.0. The third-order valence-corrected chi connectivity index (χ3v) is 4.14. The molecule has 0 bridgehead atoms. The van der Waals surface area contributed by atoms with Crippen LogP contribution in [0.1, 0.15) is 55.5 Å². The molecule has 0 heterocycles. The molecule has 1 rings (SSSR count). The number of benzene rings is 1. The molecule has 1 amide bonds. The van der Waals surface area contributed by atoms with Gasteiger partial charge in [0.15, 0.2) is 0 Å². The summed E-state index contributed by atoms with van der Waals surface area (Å²) in [5.74, 6) is -1.43. The summed E-state index contributed by atoms with van der Waals surface area (Å²) in [7, 11) is 0. The molecular formula is C17H22F3NO3. The molecule has 0 aliphatic heterocycles. The van der Waals surface area contributed by atoms with E-state index in [-0.39, 0.29) is 12.8 Å². The second-order valence-electron chi connectivity index (χ2n) is 5.82. The van der Waals surface area contributed by atoms with Gasteiger partial charge >= 0.3 is 12.1 Å². The zero-order chi connectivity index (χ0) is 18.4. The van der Waals surface area contributed by atoms with Gasteiger partial charge in [0, 0.05) is 12.0 Å². The summed E-state index contributed by atoms with van der Waals surface area (Å²) in [4.78, 5) is 23.3. The summed E-state index contributed by atoms with van der Waals surface area (Å²) in [5.41, 5.74) is -0.0493. The lowest BCUT2D eigenvalue weighted by Crippen LogP contribution is -2.49. The highest BCUT2D eigenvalue weighted by Crippen LogP contribution is 2.23. The first-order valence-corrected chi connectivity index (χ1v) is 7.81. The first-order valence-electron chi connectivity index (χ1n) is 7.81. The highest BCUT2D eigenvalue weighted by molar-refractivity contribution is 5.95. The Morgan fingerprint density at radius 1 is 1.08 bits per heavy atom. The van der Waals surface area contributed by atoms with Crippen LogP contribution in [0.4, 0.5) is 13.2 Å². The van der Waals surface area contributed by atoms with E-state index in [2.05, 4.69) is 5.32 Å². The maximum absolute atomic E-state index is 12.3. The largest absolute Gasteiger partial charge is 0.481 e. The van der Waals surface area contributed by atoms with E-state index in [1.807, 2.05) is 0 Å². The molecule has 0 saturated carbocycles. The molecule has 0 atom stereocenters. The smallest absolute Gasteiger partial charge is 0.389 e. The van der Waals surface area contributed by atoms with Crippen molar-refractivity contribution in [2.24, 2.45) is 0 Å². The number of hydrogen-bond acceptors (Lipinski definition) is 2. The number of halogens is 3. The molecule has 1 aromatic carbocycles. The van der Waals surface area contributed by atoms with Gasteiger partial charge in [-0.2, -0.15) is 13.2 Å². The van der Waals surface area contributed by atoms with Crippen LogP contribution in [0.3, 0.4) is 0 Å². The Kier molecular flexibility index (Phi) is 6.81. The number of aryl methyl sites for hydroxylation is 1. The minimum atomic E-state index is -4.21. The number of carboxylic acids is 1. The number of hydrogen-bond donors (Lipinski definition) is 2. The van der Waals surface area contributed by atoms with Crippen LogP contribution >= 0.6 is 0 Å². The van der Waals surface area contributed by atoms with Crippen molar-refractivity contribution < 1.29 is 27.9 Å². The molecule has 7 heteroatoms. The first-order chi connectivity index (χ1) is 11.1. The third kappa shape index (κ3) is 6.22. The highest BCUT2D eigenvalue weighted by atomic mass is 19.4. The van der Waals surface area contributed by atoms with E-state index in [4.69, 9.17) is 5.11 Å². The van der Waals surface area contributed by atoms with Gasteiger partial charge in [0.25, 0.3) is 5.91 Å².